The second-order valence-electron chi connectivity index (χ2n) is 8.71. The zero-order valence-corrected chi connectivity index (χ0v) is 23.6. The molecule has 2 amide bonds. The normalized spacial score (nSPS) is 12.0. The zero-order valence-electron chi connectivity index (χ0n) is 21.3. The molecular weight excluding hydrogens is 545 g/mol. The van der Waals surface area contributed by atoms with E-state index in [0.717, 1.165) is 16.3 Å². The van der Waals surface area contributed by atoms with Crippen LogP contribution in [0.25, 0.3) is 0 Å². The van der Waals surface area contributed by atoms with Gasteiger partial charge >= 0.3 is 0 Å². The average Bonchev–Trinajstić information content (AvgIpc) is 2.92. The van der Waals surface area contributed by atoms with Gasteiger partial charge in [-0.1, -0.05) is 78.7 Å². The Morgan fingerprint density at radius 3 is 2.21 bits per heavy atom. The first-order valence-corrected chi connectivity index (χ1v) is 14.5. The van der Waals surface area contributed by atoms with E-state index in [2.05, 4.69) is 5.32 Å². The van der Waals surface area contributed by atoms with Crippen LogP contribution in [0.15, 0.2) is 83.8 Å². The zero-order chi connectivity index (χ0) is 27.7. The van der Waals surface area contributed by atoms with Gasteiger partial charge in [0.15, 0.2) is 0 Å². The Hall–Kier alpha value is -3.07. The number of hydrogen-bond donors (Lipinski definition) is 1. The monoisotopic (exact) mass is 575 g/mol. The number of halogens is 2. The van der Waals surface area contributed by atoms with Crippen LogP contribution in [-0.2, 0) is 26.0 Å². The third-order valence-corrected chi connectivity index (χ3v) is 8.32. The molecule has 1 atom stereocenters. The quantitative estimate of drug-likeness (QED) is 0.322. The molecule has 0 radical (unpaired) electrons. The summed E-state index contributed by atoms with van der Waals surface area (Å²) < 4.78 is 28.5. The molecule has 10 heteroatoms. The molecule has 0 aliphatic heterocycles. The van der Waals surface area contributed by atoms with Crippen LogP contribution in [0, 0.1) is 0 Å². The van der Waals surface area contributed by atoms with Crippen molar-refractivity contribution < 1.29 is 18.0 Å². The summed E-state index contributed by atoms with van der Waals surface area (Å²) in [5, 5.41) is 3.20. The van der Waals surface area contributed by atoms with E-state index < -0.39 is 28.5 Å². The van der Waals surface area contributed by atoms with Crippen LogP contribution in [0.4, 0.5) is 5.69 Å². The van der Waals surface area contributed by atoms with Gasteiger partial charge in [0.2, 0.25) is 11.8 Å². The SMILES string of the molecule is CCCNC(=O)C(C)N(CCc1ccccc1)C(=O)CN(c1cc(Cl)ccc1Cl)S(=O)(=O)c1ccccc1. The molecule has 0 fully saturated rings. The van der Waals surface area contributed by atoms with Crippen molar-refractivity contribution in [3.63, 3.8) is 0 Å². The van der Waals surface area contributed by atoms with E-state index in [1.807, 2.05) is 37.3 Å². The highest BCUT2D eigenvalue weighted by Gasteiger charge is 2.33. The van der Waals surface area contributed by atoms with E-state index in [-0.39, 0.29) is 33.1 Å². The Morgan fingerprint density at radius 2 is 1.58 bits per heavy atom. The van der Waals surface area contributed by atoms with E-state index >= 15 is 0 Å². The van der Waals surface area contributed by atoms with Gasteiger partial charge in [0, 0.05) is 18.1 Å². The summed E-state index contributed by atoms with van der Waals surface area (Å²) >= 11 is 12.6. The smallest absolute Gasteiger partial charge is 0.264 e. The van der Waals surface area contributed by atoms with Crippen LogP contribution in [-0.4, -0.2) is 50.8 Å². The van der Waals surface area contributed by atoms with Gasteiger partial charge in [0.25, 0.3) is 10.0 Å². The Labute approximate surface area is 234 Å². The Kier molecular flexibility index (Phi) is 10.6. The first-order chi connectivity index (χ1) is 18.1. The first-order valence-electron chi connectivity index (χ1n) is 12.3. The maximum atomic E-state index is 13.8. The van der Waals surface area contributed by atoms with Gasteiger partial charge in [0.1, 0.15) is 12.6 Å². The lowest BCUT2D eigenvalue weighted by atomic mass is 10.1. The number of benzene rings is 3. The lowest BCUT2D eigenvalue weighted by Gasteiger charge is -2.32. The van der Waals surface area contributed by atoms with E-state index in [1.54, 1.807) is 25.1 Å². The largest absolute Gasteiger partial charge is 0.354 e. The second-order valence-corrected chi connectivity index (χ2v) is 11.4. The predicted molar refractivity (Wildman–Crippen MR) is 152 cm³/mol. The minimum atomic E-state index is -4.21. The van der Waals surface area contributed by atoms with Crippen molar-refractivity contribution >= 4 is 50.7 Å². The van der Waals surface area contributed by atoms with Crippen molar-refractivity contribution in [1.82, 2.24) is 10.2 Å². The molecule has 0 aliphatic rings. The summed E-state index contributed by atoms with van der Waals surface area (Å²) in [7, 11) is -4.21. The minimum Gasteiger partial charge on any atom is -0.354 e. The van der Waals surface area contributed by atoms with Crippen LogP contribution < -0.4 is 9.62 Å². The highest BCUT2D eigenvalue weighted by molar-refractivity contribution is 7.92. The van der Waals surface area contributed by atoms with Crippen molar-refractivity contribution in [1.29, 1.82) is 0 Å². The Balaban J connectivity index is 1.99. The third-order valence-electron chi connectivity index (χ3n) is 5.99. The summed E-state index contributed by atoms with van der Waals surface area (Å²) in [5.74, 6) is -0.859. The lowest BCUT2D eigenvalue weighted by molar-refractivity contribution is -0.138. The van der Waals surface area contributed by atoms with Crippen LogP contribution in [0.1, 0.15) is 25.8 Å². The fraction of sp³-hybridized carbons (Fsp3) is 0.286. The van der Waals surface area contributed by atoms with E-state index in [4.69, 9.17) is 23.2 Å². The number of rotatable bonds is 12. The number of carbonyl (C=O) groups is 2. The molecule has 1 N–H and O–H groups in total. The van der Waals surface area contributed by atoms with E-state index in [0.29, 0.717) is 13.0 Å². The lowest BCUT2D eigenvalue weighted by Crippen LogP contribution is -2.52. The molecule has 7 nitrogen and oxygen atoms in total. The average molecular weight is 577 g/mol. The summed E-state index contributed by atoms with van der Waals surface area (Å²) in [6.45, 7) is 3.68. The molecule has 0 spiro atoms. The van der Waals surface area contributed by atoms with Gasteiger partial charge in [-0.3, -0.25) is 13.9 Å². The van der Waals surface area contributed by atoms with Gasteiger partial charge in [-0.15, -0.1) is 0 Å². The molecule has 0 bridgehead atoms. The topological polar surface area (TPSA) is 86.8 Å². The van der Waals surface area contributed by atoms with E-state index in [9.17, 15) is 18.0 Å². The molecule has 0 heterocycles. The van der Waals surface area contributed by atoms with Crippen molar-refractivity contribution in [2.45, 2.75) is 37.6 Å². The number of hydrogen-bond acceptors (Lipinski definition) is 4. The number of sulfonamides is 1. The first kappa shape index (κ1) is 29.5. The highest BCUT2D eigenvalue weighted by atomic mass is 35.5. The van der Waals surface area contributed by atoms with Crippen LogP contribution in [0.3, 0.4) is 0 Å². The van der Waals surface area contributed by atoms with Crippen LogP contribution in [0.2, 0.25) is 10.0 Å². The van der Waals surface area contributed by atoms with Gasteiger partial charge < -0.3 is 10.2 Å². The molecule has 3 aromatic rings. The molecule has 0 aromatic heterocycles. The molecule has 0 saturated heterocycles. The van der Waals surface area contributed by atoms with Crippen LogP contribution >= 0.6 is 23.2 Å². The molecule has 38 heavy (non-hydrogen) atoms. The number of amides is 2. The number of nitrogens with zero attached hydrogens (tertiary/aromatic N) is 2. The van der Waals surface area contributed by atoms with Gasteiger partial charge in [-0.25, -0.2) is 8.42 Å². The molecule has 3 aromatic carbocycles. The summed E-state index contributed by atoms with van der Waals surface area (Å²) in [6, 6.07) is 20.9. The molecule has 0 aliphatic carbocycles. The molecule has 1 unspecified atom stereocenters. The molecular formula is C28H31Cl2N3O4S. The van der Waals surface area contributed by atoms with Crippen molar-refractivity contribution in [2.75, 3.05) is 23.9 Å². The highest BCUT2D eigenvalue weighted by Crippen LogP contribution is 2.33. The molecule has 3 rings (SSSR count). The van der Waals surface area contributed by atoms with Crippen LogP contribution in [0.5, 0.6) is 0 Å². The fourth-order valence-corrected chi connectivity index (χ4v) is 5.76. The Bertz CT molecular complexity index is 1340. The number of nitrogens with one attached hydrogen (secondary N) is 1. The third kappa shape index (κ3) is 7.49. The summed E-state index contributed by atoms with van der Waals surface area (Å²) in [5.41, 5.74) is 1.06. The molecule has 202 valence electrons. The van der Waals surface area contributed by atoms with Crippen molar-refractivity contribution in [3.05, 3.63) is 94.5 Å². The van der Waals surface area contributed by atoms with Gasteiger partial charge in [-0.2, -0.15) is 0 Å². The van der Waals surface area contributed by atoms with E-state index in [1.165, 1.54) is 35.2 Å². The minimum absolute atomic E-state index is 0.00610. The standard InChI is InChI=1S/C28H31Cl2N3O4S/c1-3-17-31-28(35)21(2)32(18-16-22-10-6-4-7-11-22)27(34)20-33(26-19-23(29)14-15-25(26)30)38(36,37)24-12-8-5-9-13-24/h4-15,19,21H,3,16-18,20H2,1-2H3,(H,31,35). The fourth-order valence-electron chi connectivity index (χ4n) is 3.88. The Morgan fingerprint density at radius 1 is 0.947 bits per heavy atom. The number of anilines is 1. The maximum absolute atomic E-state index is 13.8. The van der Waals surface area contributed by atoms with Crippen molar-refractivity contribution in [3.8, 4) is 0 Å². The maximum Gasteiger partial charge on any atom is 0.264 e. The van der Waals surface area contributed by atoms with Gasteiger partial charge in [0.05, 0.1) is 15.6 Å². The van der Waals surface area contributed by atoms with Gasteiger partial charge in [-0.05, 0) is 55.7 Å². The summed E-state index contributed by atoms with van der Waals surface area (Å²) in [6.07, 6.45) is 1.23. The molecule has 0 saturated carbocycles. The second kappa shape index (κ2) is 13.6. The number of carbonyl (C=O) groups excluding carboxylic acids is 2. The summed E-state index contributed by atoms with van der Waals surface area (Å²) in [4.78, 5) is 28.1. The van der Waals surface area contributed by atoms with Crippen molar-refractivity contribution in [2.24, 2.45) is 0 Å². The predicted octanol–water partition coefficient (Wildman–Crippen LogP) is 5.17.